The number of rotatable bonds is 2. The number of anilines is 1. The van der Waals surface area contributed by atoms with E-state index in [1.165, 1.54) is 6.42 Å². The zero-order chi connectivity index (χ0) is 10.8. The monoisotopic (exact) mass is 206 g/mol. The molecular formula is C11H18N4. The van der Waals surface area contributed by atoms with Crippen LogP contribution in [-0.2, 0) is 0 Å². The third-order valence-electron chi connectivity index (χ3n) is 2.87. The first-order valence-corrected chi connectivity index (χ1v) is 5.42. The standard InChI is InChI=1S/C11H18N4/c1-8-6-9(2)14-11(13-8)15(3)10-4-5-12-7-10/h6,10,12H,4-5,7H2,1-3H3. The van der Waals surface area contributed by atoms with Crippen LogP contribution in [0.5, 0.6) is 0 Å². The molecule has 1 unspecified atom stereocenters. The molecule has 0 saturated carbocycles. The smallest absolute Gasteiger partial charge is 0.225 e. The van der Waals surface area contributed by atoms with E-state index in [1.807, 2.05) is 19.9 Å². The summed E-state index contributed by atoms with van der Waals surface area (Å²) in [7, 11) is 2.08. The lowest BCUT2D eigenvalue weighted by atomic mass is 10.2. The van der Waals surface area contributed by atoms with Crippen molar-refractivity contribution >= 4 is 5.95 Å². The number of aryl methyl sites for hydroxylation is 2. The van der Waals surface area contributed by atoms with Gasteiger partial charge in [-0.3, -0.25) is 0 Å². The first-order chi connectivity index (χ1) is 7.16. The number of nitrogens with one attached hydrogen (secondary N) is 1. The topological polar surface area (TPSA) is 41.1 Å². The number of aromatic nitrogens is 2. The van der Waals surface area contributed by atoms with Crippen LogP contribution in [0.2, 0.25) is 0 Å². The van der Waals surface area contributed by atoms with E-state index in [1.54, 1.807) is 0 Å². The Hall–Kier alpha value is -1.16. The van der Waals surface area contributed by atoms with Crippen molar-refractivity contribution in [1.82, 2.24) is 15.3 Å². The highest BCUT2D eigenvalue weighted by molar-refractivity contribution is 5.33. The molecule has 0 amide bonds. The minimum Gasteiger partial charge on any atom is -0.340 e. The predicted molar refractivity (Wildman–Crippen MR) is 61.2 cm³/mol. The second-order valence-corrected chi connectivity index (χ2v) is 4.21. The Morgan fingerprint density at radius 1 is 1.33 bits per heavy atom. The number of likely N-dealkylation sites (N-methyl/N-ethyl adjacent to an activating group) is 1. The molecule has 1 aromatic heterocycles. The van der Waals surface area contributed by atoms with Crippen LogP contribution in [-0.4, -0.2) is 36.1 Å². The summed E-state index contributed by atoms with van der Waals surface area (Å²) in [6.45, 7) is 6.16. The lowest BCUT2D eigenvalue weighted by Gasteiger charge is -2.24. The molecule has 0 radical (unpaired) electrons. The normalized spacial score (nSPS) is 20.6. The van der Waals surface area contributed by atoms with Gasteiger partial charge >= 0.3 is 0 Å². The van der Waals surface area contributed by atoms with E-state index in [4.69, 9.17) is 0 Å². The van der Waals surface area contributed by atoms with E-state index in [-0.39, 0.29) is 0 Å². The Balaban J connectivity index is 2.20. The Kier molecular flexibility index (Phi) is 2.86. The first kappa shape index (κ1) is 10.4. The van der Waals surface area contributed by atoms with Crippen molar-refractivity contribution < 1.29 is 0 Å². The Labute approximate surface area is 90.7 Å². The molecule has 1 saturated heterocycles. The second kappa shape index (κ2) is 4.14. The molecule has 2 rings (SSSR count). The van der Waals surface area contributed by atoms with E-state index in [0.29, 0.717) is 6.04 Å². The van der Waals surface area contributed by atoms with E-state index >= 15 is 0 Å². The molecule has 1 fully saturated rings. The van der Waals surface area contributed by atoms with Gasteiger partial charge in [-0.2, -0.15) is 0 Å². The van der Waals surface area contributed by atoms with E-state index in [0.717, 1.165) is 30.4 Å². The summed E-state index contributed by atoms with van der Waals surface area (Å²) < 4.78 is 0. The highest BCUT2D eigenvalue weighted by atomic mass is 15.3. The maximum atomic E-state index is 4.47. The van der Waals surface area contributed by atoms with E-state index in [9.17, 15) is 0 Å². The van der Waals surface area contributed by atoms with E-state index in [2.05, 4.69) is 27.2 Å². The SMILES string of the molecule is Cc1cc(C)nc(N(C)C2CCNC2)n1. The van der Waals surface area contributed by atoms with Gasteiger partial charge in [0.25, 0.3) is 0 Å². The largest absolute Gasteiger partial charge is 0.340 e. The van der Waals surface area contributed by atoms with Gasteiger partial charge in [-0.15, -0.1) is 0 Å². The average molecular weight is 206 g/mol. The van der Waals surface area contributed by atoms with Crippen LogP contribution in [0.4, 0.5) is 5.95 Å². The van der Waals surface area contributed by atoms with Gasteiger partial charge in [0, 0.05) is 31.0 Å². The van der Waals surface area contributed by atoms with Crippen molar-refractivity contribution in [2.45, 2.75) is 26.3 Å². The van der Waals surface area contributed by atoms with Crippen molar-refractivity contribution in [3.05, 3.63) is 17.5 Å². The van der Waals surface area contributed by atoms with Crippen LogP contribution in [0, 0.1) is 13.8 Å². The molecular weight excluding hydrogens is 188 g/mol. The number of hydrogen-bond donors (Lipinski definition) is 1. The van der Waals surface area contributed by atoms with Crippen LogP contribution >= 0.6 is 0 Å². The molecule has 2 heterocycles. The highest BCUT2D eigenvalue weighted by Gasteiger charge is 2.21. The van der Waals surface area contributed by atoms with Gasteiger partial charge in [0.15, 0.2) is 0 Å². The van der Waals surface area contributed by atoms with E-state index < -0.39 is 0 Å². The number of hydrogen-bond acceptors (Lipinski definition) is 4. The maximum absolute atomic E-state index is 4.47. The van der Waals surface area contributed by atoms with Crippen molar-refractivity contribution in [2.24, 2.45) is 0 Å². The molecule has 1 aliphatic rings. The van der Waals surface area contributed by atoms with Crippen LogP contribution in [0.25, 0.3) is 0 Å². The highest BCUT2D eigenvalue weighted by Crippen LogP contribution is 2.14. The van der Waals surface area contributed by atoms with Gasteiger partial charge in [-0.05, 0) is 32.9 Å². The lowest BCUT2D eigenvalue weighted by Crippen LogP contribution is -2.34. The molecule has 0 spiro atoms. The molecule has 0 aromatic carbocycles. The third kappa shape index (κ3) is 2.26. The summed E-state index contributed by atoms with van der Waals surface area (Å²) in [5.41, 5.74) is 2.07. The maximum Gasteiger partial charge on any atom is 0.225 e. The quantitative estimate of drug-likeness (QED) is 0.780. The molecule has 15 heavy (non-hydrogen) atoms. The fraction of sp³-hybridized carbons (Fsp3) is 0.636. The van der Waals surface area contributed by atoms with Gasteiger partial charge in [0.2, 0.25) is 5.95 Å². The van der Waals surface area contributed by atoms with Crippen LogP contribution in [0.3, 0.4) is 0 Å². The van der Waals surface area contributed by atoms with Crippen molar-refractivity contribution in [3.63, 3.8) is 0 Å². The van der Waals surface area contributed by atoms with Gasteiger partial charge in [-0.25, -0.2) is 9.97 Å². The minimum absolute atomic E-state index is 0.534. The Morgan fingerprint density at radius 2 is 2.00 bits per heavy atom. The zero-order valence-electron chi connectivity index (χ0n) is 9.62. The van der Waals surface area contributed by atoms with Gasteiger partial charge in [0.05, 0.1) is 0 Å². The van der Waals surface area contributed by atoms with Gasteiger partial charge < -0.3 is 10.2 Å². The van der Waals surface area contributed by atoms with Gasteiger partial charge in [0.1, 0.15) is 0 Å². The molecule has 0 aliphatic carbocycles. The molecule has 4 heteroatoms. The lowest BCUT2D eigenvalue weighted by molar-refractivity contribution is 0.665. The van der Waals surface area contributed by atoms with Crippen LogP contribution in [0.1, 0.15) is 17.8 Å². The van der Waals surface area contributed by atoms with Gasteiger partial charge in [-0.1, -0.05) is 0 Å². The van der Waals surface area contributed by atoms with Crippen LogP contribution in [0.15, 0.2) is 6.07 Å². The summed E-state index contributed by atoms with van der Waals surface area (Å²) in [5.74, 6) is 0.848. The summed E-state index contributed by atoms with van der Waals surface area (Å²) in [6.07, 6.45) is 1.17. The summed E-state index contributed by atoms with van der Waals surface area (Å²) in [6, 6.07) is 2.54. The average Bonchev–Trinajstić information content (AvgIpc) is 2.67. The van der Waals surface area contributed by atoms with Crippen molar-refractivity contribution in [3.8, 4) is 0 Å². The first-order valence-electron chi connectivity index (χ1n) is 5.42. The molecule has 1 atom stereocenters. The summed E-state index contributed by atoms with van der Waals surface area (Å²) >= 11 is 0. The fourth-order valence-corrected chi connectivity index (χ4v) is 2.00. The fourth-order valence-electron chi connectivity index (χ4n) is 2.00. The summed E-state index contributed by atoms with van der Waals surface area (Å²) in [4.78, 5) is 11.1. The predicted octanol–water partition coefficient (Wildman–Crippen LogP) is 0.892. The summed E-state index contributed by atoms with van der Waals surface area (Å²) in [5, 5.41) is 3.35. The zero-order valence-corrected chi connectivity index (χ0v) is 9.62. The van der Waals surface area contributed by atoms with Crippen molar-refractivity contribution in [1.29, 1.82) is 0 Å². The molecule has 1 aliphatic heterocycles. The molecule has 0 bridgehead atoms. The second-order valence-electron chi connectivity index (χ2n) is 4.21. The molecule has 1 aromatic rings. The minimum atomic E-state index is 0.534. The molecule has 1 N–H and O–H groups in total. The molecule has 82 valence electrons. The Bertz CT molecular complexity index is 324. The Morgan fingerprint density at radius 3 is 2.53 bits per heavy atom. The van der Waals surface area contributed by atoms with Crippen molar-refractivity contribution in [2.75, 3.05) is 25.0 Å². The molecule has 4 nitrogen and oxygen atoms in total. The third-order valence-corrected chi connectivity index (χ3v) is 2.87. The van der Waals surface area contributed by atoms with Crippen LogP contribution < -0.4 is 10.2 Å². The number of nitrogens with zero attached hydrogens (tertiary/aromatic N) is 3.